The van der Waals surface area contributed by atoms with Gasteiger partial charge in [0.15, 0.2) is 5.12 Å². The molecule has 17 heavy (non-hydrogen) atoms. The molecule has 0 aromatic rings. The Hall–Kier alpha value is -0.550. The summed E-state index contributed by atoms with van der Waals surface area (Å²) in [5, 5.41) is 0.228. The number of hydrogen-bond donors (Lipinski definition) is 1. The molecule has 0 aromatic carbocycles. The van der Waals surface area contributed by atoms with Crippen molar-refractivity contribution in [2.75, 3.05) is 6.54 Å². The van der Waals surface area contributed by atoms with Crippen molar-refractivity contribution in [1.82, 2.24) is 4.90 Å². The van der Waals surface area contributed by atoms with Crippen LogP contribution in [0.2, 0.25) is 0 Å². The van der Waals surface area contributed by atoms with E-state index in [2.05, 4.69) is 0 Å². The first-order valence-corrected chi connectivity index (χ1v) is 7.18. The second kappa shape index (κ2) is 5.40. The number of amides is 1. The number of likely N-dealkylation sites (tertiary alicyclic amines) is 1. The van der Waals surface area contributed by atoms with Crippen molar-refractivity contribution >= 4 is 22.8 Å². The summed E-state index contributed by atoms with van der Waals surface area (Å²) in [6.07, 6.45) is 4.86. The molecule has 1 unspecified atom stereocenters. The van der Waals surface area contributed by atoms with Gasteiger partial charge < -0.3 is 10.6 Å². The zero-order chi connectivity index (χ0) is 12.4. The van der Waals surface area contributed by atoms with Gasteiger partial charge >= 0.3 is 0 Å². The zero-order valence-corrected chi connectivity index (χ0v) is 11.0. The van der Waals surface area contributed by atoms with Gasteiger partial charge in [-0.2, -0.15) is 0 Å². The van der Waals surface area contributed by atoms with Gasteiger partial charge in [0.1, 0.15) is 0 Å². The predicted octanol–water partition coefficient (Wildman–Crippen LogP) is 1.14. The van der Waals surface area contributed by atoms with Gasteiger partial charge in [0.05, 0.1) is 0 Å². The molecule has 4 nitrogen and oxygen atoms in total. The average molecular weight is 256 g/mol. The highest BCUT2D eigenvalue weighted by atomic mass is 32.2. The van der Waals surface area contributed by atoms with Crippen molar-refractivity contribution in [3.05, 3.63) is 0 Å². The Bertz CT molecular complexity index is 322. The van der Waals surface area contributed by atoms with Crippen LogP contribution >= 0.6 is 11.8 Å². The summed E-state index contributed by atoms with van der Waals surface area (Å²) >= 11 is 1.29. The molecule has 1 aliphatic carbocycles. The lowest BCUT2D eigenvalue weighted by atomic mass is 9.90. The normalized spacial score (nSPS) is 34.1. The molecule has 0 spiro atoms. The fourth-order valence-electron chi connectivity index (χ4n) is 2.86. The van der Waals surface area contributed by atoms with Crippen LogP contribution in [0.5, 0.6) is 0 Å². The molecule has 0 bridgehead atoms. The third-order valence-corrected chi connectivity index (χ3v) is 4.62. The van der Waals surface area contributed by atoms with Crippen LogP contribution in [0.4, 0.5) is 0 Å². The van der Waals surface area contributed by atoms with Crippen molar-refractivity contribution in [2.45, 2.75) is 56.4 Å². The Kier molecular flexibility index (Phi) is 4.09. The van der Waals surface area contributed by atoms with Crippen molar-refractivity contribution < 1.29 is 9.59 Å². The highest BCUT2D eigenvalue weighted by molar-refractivity contribution is 8.14. The maximum Gasteiger partial charge on any atom is 0.224 e. The van der Waals surface area contributed by atoms with Crippen LogP contribution in [0.1, 0.15) is 39.0 Å². The number of rotatable bonds is 2. The smallest absolute Gasteiger partial charge is 0.224 e. The molecule has 1 amide bonds. The molecule has 1 heterocycles. The summed E-state index contributed by atoms with van der Waals surface area (Å²) in [5.74, 6) is 0.172. The van der Waals surface area contributed by atoms with E-state index >= 15 is 0 Å². The van der Waals surface area contributed by atoms with Gasteiger partial charge in [0.25, 0.3) is 0 Å². The van der Waals surface area contributed by atoms with Crippen LogP contribution in [0, 0.1) is 0 Å². The van der Waals surface area contributed by atoms with E-state index < -0.39 is 0 Å². The molecule has 96 valence electrons. The van der Waals surface area contributed by atoms with E-state index in [1.807, 2.05) is 4.90 Å². The van der Waals surface area contributed by atoms with Crippen LogP contribution in [0.25, 0.3) is 0 Å². The number of hydrogen-bond acceptors (Lipinski definition) is 4. The predicted molar refractivity (Wildman–Crippen MR) is 68.6 cm³/mol. The minimum Gasteiger partial charge on any atom is -0.337 e. The summed E-state index contributed by atoms with van der Waals surface area (Å²) in [4.78, 5) is 24.9. The number of carbonyl (C=O) groups excluding carboxylic acids is 2. The molecule has 2 N–H and O–H groups in total. The minimum atomic E-state index is 0.0950. The van der Waals surface area contributed by atoms with Crippen LogP contribution in [-0.2, 0) is 9.59 Å². The first-order chi connectivity index (χ1) is 8.08. The number of carbonyl (C=O) groups is 2. The maximum absolute atomic E-state index is 12.0. The lowest BCUT2D eigenvalue weighted by Gasteiger charge is -2.36. The molecule has 0 aromatic heterocycles. The second-order valence-electron chi connectivity index (χ2n) is 5.00. The van der Waals surface area contributed by atoms with Gasteiger partial charge in [-0.1, -0.05) is 24.6 Å². The van der Waals surface area contributed by atoms with E-state index in [1.165, 1.54) is 18.2 Å². The zero-order valence-electron chi connectivity index (χ0n) is 10.2. The summed E-state index contributed by atoms with van der Waals surface area (Å²) in [7, 11) is 0. The maximum atomic E-state index is 12.0. The Balaban J connectivity index is 1.97. The largest absolute Gasteiger partial charge is 0.337 e. The topological polar surface area (TPSA) is 63.4 Å². The quantitative estimate of drug-likeness (QED) is 0.804. The SMILES string of the molecule is CC(=O)SC1CC(=O)N([C@H]2CCCC[C@H]2N)C1. The third kappa shape index (κ3) is 3.01. The Labute approximate surface area is 106 Å². The molecule has 1 saturated carbocycles. The second-order valence-corrected chi connectivity index (χ2v) is 6.47. The standard InChI is InChI=1S/C12H20N2O2S/c1-8(15)17-9-6-12(16)14(7-9)11-5-3-2-4-10(11)13/h9-11H,2-7,13H2,1H3/t9?,10-,11+/m1/s1. The highest BCUT2D eigenvalue weighted by Gasteiger charge is 2.38. The van der Waals surface area contributed by atoms with Crippen molar-refractivity contribution in [3.8, 4) is 0 Å². The molecular formula is C12H20N2O2S. The van der Waals surface area contributed by atoms with Crippen molar-refractivity contribution in [1.29, 1.82) is 0 Å². The van der Waals surface area contributed by atoms with E-state index in [1.54, 1.807) is 6.92 Å². The lowest BCUT2D eigenvalue weighted by Crippen LogP contribution is -2.50. The molecule has 1 aliphatic heterocycles. The number of nitrogens with zero attached hydrogens (tertiary/aromatic N) is 1. The number of thioether (sulfide) groups is 1. The highest BCUT2D eigenvalue weighted by Crippen LogP contribution is 2.30. The summed E-state index contributed by atoms with van der Waals surface area (Å²) in [5.41, 5.74) is 6.10. The minimum absolute atomic E-state index is 0.0950. The Morgan fingerprint density at radius 2 is 2.12 bits per heavy atom. The molecule has 3 atom stereocenters. The van der Waals surface area contributed by atoms with Crippen LogP contribution in [-0.4, -0.2) is 39.8 Å². The van der Waals surface area contributed by atoms with Gasteiger partial charge in [0.2, 0.25) is 5.91 Å². The Morgan fingerprint density at radius 1 is 1.41 bits per heavy atom. The molecule has 2 fully saturated rings. The first-order valence-electron chi connectivity index (χ1n) is 6.30. The van der Waals surface area contributed by atoms with E-state index in [-0.39, 0.29) is 28.4 Å². The molecule has 5 heteroatoms. The fourth-order valence-corrected chi connectivity index (χ4v) is 3.79. The summed E-state index contributed by atoms with van der Waals surface area (Å²) in [6.45, 7) is 2.26. The monoisotopic (exact) mass is 256 g/mol. The molecule has 2 aliphatic rings. The van der Waals surface area contributed by atoms with E-state index in [9.17, 15) is 9.59 Å². The van der Waals surface area contributed by atoms with Gasteiger partial charge in [-0.05, 0) is 12.8 Å². The van der Waals surface area contributed by atoms with E-state index in [4.69, 9.17) is 5.73 Å². The third-order valence-electron chi connectivity index (χ3n) is 3.64. The van der Waals surface area contributed by atoms with Gasteiger partial charge in [0, 0.05) is 37.2 Å². The molecule has 0 radical (unpaired) electrons. The number of nitrogens with two attached hydrogens (primary N) is 1. The van der Waals surface area contributed by atoms with Gasteiger partial charge in [-0.15, -0.1) is 0 Å². The molecule has 1 saturated heterocycles. The van der Waals surface area contributed by atoms with E-state index in [0.29, 0.717) is 13.0 Å². The average Bonchev–Trinajstić information content (AvgIpc) is 2.59. The molecular weight excluding hydrogens is 236 g/mol. The summed E-state index contributed by atoms with van der Waals surface area (Å²) < 4.78 is 0. The van der Waals surface area contributed by atoms with Crippen LogP contribution in [0.15, 0.2) is 0 Å². The van der Waals surface area contributed by atoms with Gasteiger partial charge in [-0.3, -0.25) is 9.59 Å². The summed E-state index contributed by atoms with van der Waals surface area (Å²) in [6, 6.07) is 0.322. The molecule has 2 rings (SSSR count). The van der Waals surface area contributed by atoms with E-state index in [0.717, 1.165) is 19.3 Å². The van der Waals surface area contributed by atoms with Crippen molar-refractivity contribution in [2.24, 2.45) is 5.73 Å². The first kappa shape index (κ1) is 12.9. The van der Waals surface area contributed by atoms with Crippen LogP contribution < -0.4 is 5.73 Å². The van der Waals surface area contributed by atoms with Crippen LogP contribution in [0.3, 0.4) is 0 Å². The lowest BCUT2D eigenvalue weighted by molar-refractivity contribution is -0.130. The van der Waals surface area contributed by atoms with Crippen molar-refractivity contribution in [3.63, 3.8) is 0 Å². The van der Waals surface area contributed by atoms with Gasteiger partial charge in [-0.25, -0.2) is 0 Å². The Morgan fingerprint density at radius 3 is 2.76 bits per heavy atom. The fraction of sp³-hybridized carbons (Fsp3) is 0.833.